The van der Waals surface area contributed by atoms with Crippen LogP contribution in [-0.4, -0.2) is 20.0 Å². The topological polar surface area (TPSA) is 35.5 Å². The number of ether oxygens (including phenoxy) is 2. The van der Waals surface area contributed by atoms with E-state index in [1.807, 2.05) is 55.5 Å². The molecule has 3 heteroatoms. The molecular weight excluding hydrogens is 300 g/mol. The van der Waals surface area contributed by atoms with Crippen molar-refractivity contribution in [3.05, 3.63) is 70.8 Å². The van der Waals surface area contributed by atoms with Crippen LogP contribution in [0.15, 0.2) is 59.7 Å². The molecule has 0 saturated heterocycles. The third-order valence-corrected chi connectivity index (χ3v) is 4.28. The van der Waals surface area contributed by atoms with Crippen molar-refractivity contribution in [2.75, 3.05) is 14.2 Å². The lowest BCUT2D eigenvalue weighted by atomic mass is 10.0. The summed E-state index contributed by atoms with van der Waals surface area (Å²) < 4.78 is 10.5. The smallest absolute Gasteiger partial charge is 0.168 e. The van der Waals surface area contributed by atoms with Gasteiger partial charge in [-0.15, -0.1) is 0 Å². The van der Waals surface area contributed by atoms with Crippen LogP contribution in [0.1, 0.15) is 24.5 Å². The summed E-state index contributed by atoms with van der Waals surface area (Å²) in [5, 5.41) is 0. The number of hydrogen-bond donors (Lipinski definition) is 0. The molecule has 1 aliphatic rings. The fraction of sp³-hybridized carbons (Fsp3) is 0.190. The van der Waals surface area contributed by atoms with Crippen LogP contribution in [0.25, 0.3) is 11.6 Å². The zero-order chi connectivity index (χ0) is 17.1. The molecule has 1 aliphatic carbocycles. The number of hydrogen-bond acceptors (Lipinski definition) is 3. The minimum atomic E-state index is 0.148. The van der Waals surface area contributed by atoms with Crippen molar-refractivity contribution in [3.8, 4) is 11.5 Å². The average Bonchev–Trinajstić information content (AvgIpc) is 2.88. The lowest BCUT2D eigenvalue weighted by Gasteiger charge is -2.06. The summed E-state index contributed by atoms with van der Waals surface area (Å²) in [4.78, 5) is 12.5. The minimum Gasteiger partial charge on any atom is -0.497 e. The summed E-state index contributed by atoms with van der Waals surface area (Å²) in [7, 11) is 3.28. The van der Waals surface area contributed by atoms with Crippen molar-refractivity contribution in [1.82, 2.24) is 0 Å². The standard InChI is InChI=1S/C21H20O3/c1-14-17(10-15-6-4-8-18(11-15)23-2)13-20(22)21(14)16-7-5-9-19(12-16)24-3/h4-12H,13H2,1-3H3/b17-10+. The maximum absolute atomic E-state index is 12.5. The first kappa shape index (κ1) is 16.1. The van der Waals surface area contributed by atoms with Crippen LogP contribution >= 0.6 is 0 Å². The molecule has 122 valence electrons. The number of benzene rings is 2. The summed E-state index contributed by atoms with van der Waals surface area (Å²) in [6.07, 6.45) is 2.48. The van der Waals surface area contributed by atoms with Crippen LogP contribution < -0.4 is 9.47 Å². The van der Waals surface area contributed by atoms with Gasteiger partial charge in [0, 0.05) is 12.0 Å². The summed E-state index contributed by atoms with van der Waals surface area (Å²) in [5.74, 6) is 1.71. The molecule has 0 spiro atoms. The summed E-state index contributed by atoms with van der Waals surface area (Å²) >= 11 is 0. The molecule has 0 fully saturated rings. The minimum absolute atomic E-state index is 0.148. The van der Waals surface area contributed by atoms with Crippen LogP contribution in [0.3, 0.4) is 0 Å². The highest BCUT2D eigenvalue weighted by atomic mass is 16.5. The fourth-order valence-electron chi connectivity index (χ4n) is 3.01. The molecule has 0 amide bonds. The highest BCUT2D eigenvalue weighted by Gasteiger charge is 2.26. The van der Waals surface area contributed by atoms with Gasteiger partial charge in [-0.2, -0.15) is 0 Å². The number of ketones is 1. The molecule has 0 N–H and O–H groups in total. The lowest BCUT2D eigenvalue weighted by molar-refractivity contribution is -0.112. The highest BCUT2D eigenvalue weighted by Crippen LogP contribution is 2.37. The van der Waals surface area contributed by atoms with Crippen LogP contribution in [-0.2, 0) is 4.79 Å². The Morgan fingerprint density at radius 2 is 1.62 bits per heavy atom. The normalized spacial score (nSPS) is 16.0. The molecule has 0 unspecified atom stereocenters. The van der Waals surface area contributed by atoms with Gasteiger partial charge in [0.25, 0.3) is 0 Å². The number of Topliss-reactive ketones (excluding diaryl/α,β-unsaturated/α-hetero) is 1. The van der Waals surface area contributed by atoms with E-state index >= 15 is 0 Å². The first-order valence-corrected chi connectivity index (χ1v) is 7.86. The van der Waals surface area contributed by atoms with E-state index in [0.29, 0.717) is 6.42 Å². The van der Waals surface area contributed by atoms with Crippen LogP contribution in [0.5, 0.6) is 11.5 Å². The van der Waals surface area contributed by atoms with Crippen molar-refractivity contribution in [3.63, 3.8) is 0 Å². The summed E-state index contributed by atoms with van der Waals surface area (Å²) in [6, 6.07) is 15.5. The first-order chi connectivity index (χ1) is 11.6. The van der Waals surface area contributed by atoms with E-state index in [-0.39, 0.29) is 5.78 Å². The molecule has 2 aromatic carbocycles. The molecule has 24 heavy (non-hydrogen) atoms. The van der Waals surface area contributed by atoms with Gasteiger partial charge in [0.05, 0.1) is 14.2 Å². The Kier molecular flexibility index (Phi) is 4.52. The fourth-order valence-corrected chi connectivity index (χ4v) is 3.01. The summed E-state index contributed by atoms with van der Waals surface area (Å²) in [6.45, 7) is 2.01. The van der Waals surface area contributed by atoms with Crippen LogP contribution in [0.2, 0.25) is 0 Å². The second-order valence-corrected chi connectivity index (χ2v) is 5.78. The molecule has 0 bridgehead atoms. The number of methoxy groups -OCH3 is 2. The molecule has 3 rings (SSSR count). The van der Waals surface area contributed by atoms with Gasteiger partial charge in [-0.1, -0.05) is 30.3 Å². The Morgan fingerprint density at radius 1 is 0.958 bits per heavy atom. The van der Waals surface area contributed by atoms with E-state index in [0.717, 1.165) is 39.3 Å². The third kappa shape index (κ3) is 3.11. The van der Waals surface area contributed by atoms with Crippen molar-refractivity contribution >= 4 is 17.4 Å². The Balaban J connectivity index is 2.01. The molecule has 0 saturated carbocycles. The number of carbonyl (C=O) groups is 1. The van der Waals surface area contributed by atoms with Crippen LogP contribution in [0, 0.1) is 0 Å². The van der Waals surface area contributed by atoms with Crippen molar-refractivity contribution < 1.29 is 14.3 Å². The Hall–Kier alpha value is -2.81. The average molecular weight is 320 g/mol. The van der Waals surface area contributed by atoms with Crippen molar-refractivity contribution in [2.45, 2.75) is 13.3 Å². The zero-order valence-electron chi connectivity index (χ0n) is 14.1. The Bertz CT molecular complexity index is 844. The van der Waals surface area contributed by atoms with Gasteiger partial charge in [0.15, 0.2) is 5.78 Å². The van der Waals surface area contributed by atoms with E-state index in [1.54, 1.807) is 14.2 Å². The molecule has 0 heterocycles. The molecule has 0 aromatic heterocycles. The highest BCUT2D eigenvalue weighted by molar-refractivity contribution is 6.26. The maximum atomic E-state index is 12.5. The Morgan fingerprint density at radius 3 is 2.33 bits per heavy atom. The van der Waals surface area contributed by atoms with Gasteiger partial charge in [0.2, 0.25) is 0 Å². The second kappa shape index (κ2) is 6.75. The maximum Gasteiger partial charge on any atom is 0.168 e. The SMILES string of the molecule is COc1cccc(/C=C2\CC(=O)C(c3cccc(OC)c3)=C2C)c1. The van der Waals surface area contributed by atoms with Crippen molar-refractivity contribution in [1.29, 1.82) is 0 Å². The van der Waals surface area contributed by atoms with E-state index < -0.39 is 0 Å². The largest absolute Gasteiger partial charge is 0.497 e. The van der Waals surface area contributed by atoms with E-state index in [2.05, 4.69) is 6.08 Å². The quantitative estimate of drug-likeness (QED) is 0.830. The van der Waals surface area contributed by atoms with Gasteiger partial charge in [0.1, 0.15) is 11.5 Å². The third-order valence-electron chi connectivity index (χ3n) is 4.28. The van der Waals surface area contributed by atoms with Gasteiger partial charge >= 0.3 is 0 Å². The second-order valence-electron chi connectivity index (χ2n) is 5.78. The molecule has 0 aliphatic heterocycles. The van der Waals surface area contributed by atoms with Crippen LogP contribution in [0.4, 0.5) is 0 Å². The summed E-state index contributed by atoms with van der Waals surface area (Å²) in [5.41, 5.74) is 4.79. The molecular formula is C21H20O3. The monoisotopic (exact) mass is 320 g/mol. The van der Waals surface area contributed by atoms with E-state index in [9.17, 15) is 4.79 Å². The van der Waals surface area contributed by atoms with E-state index in [4.69, 9.17) is 9.47 Å². The van der Waals surface area contributed by atoms with Gasteiger partial charge in [-0.05, 0) is 53.5 Å². The number of carbonyl (C=O) groups excluding carboxylic acids is 1. The van der Waals surface area contributed by atoms with Crippen molar-refractivity contribution in [2.24, 2.45) is 0 Å². The first-order valence-electron chi connectivity index (χ1n) is 7.86. The molecule has 3 nitrogen and oxygen atoms in total. The molecule has 0 radical (unpaired) electrons. The predicted molar refractivity (Wildman–Crippen MR) is 96.2 cm³/mol. The molecule has 0 atom stereocenters. The van der Waals surface area contributed by atoms with E-state index in [1.165, 1.54) is 0 Å². The van der Waals surface area contributed by atoms with Gasteiger partial charge in [-0.25, -0.2) is 0 Å². The lowest BCUT2D eigenvalue weighted by Crippen LogP contribution is -1.96. The number of rotatable bonds is 4. The predicted octanol–water partition coefficient (Wildman–Crippen LogP) is 4.53. The molecule has 2 aromatic rings. The van der Waals surface area contributed by atoms with Gasteiger partial charge < -0.3 is 9.47 Å². The Labute approximate surface area is 142 Å². The van der Waals surface area contributed by atoms with Gasteiger partial charge in [-0.3, -0.25) is 4.79 Å². The number of allylic oxidation sites excluding steroid dienone is 3. The zero-order valence-corrected chi connectivity index (χ0v) is 14.1.